The van der Waals surface area contributed by atoms with Crippen molar-refractivity contribution < 1.29 is 28.7 Å². The summed E-state index contributed by atoms with van der Waals surface area (Å²) in [7, 11) is -4.44. The normalized spacial score (nSPS) is 15.5. The maximum atomic E-state index is 12.8. The van der Waals surface area contributed by atoms with E-state index in [1.54, 1.807) is 32.0 Å². The highest BCUT2D eigenvalue weighted by Crippen LogP contribution is 2.50. The number of aliphatic carboxylic acids is 1. The molecular weight excluding hydrogens is 397 g/mol. The van der Waals surface area contributed by atoms with Crippen LogP contribution in [0.2, 0.25) is 0 Å². The highest BCUT2D eigenvalue weighted by atomic mass is 31.2. The summed E-state index contributed by atoms with van der Waals surface area (Å²) < 4.78 is 17.9. The average molecular weight is 429 g/mol. The third kappa shape index (κ3) is 8.95. The minimum atomic E-state index is -4.44. The van der Waals surface area contributed by atoms with Crippen LogP contribution in [0, 0.1) is 5.92 Å². The third-order valence-corrected chi connectivity index (χ3v) is 6.34. The van der Waals surface area contributed by atoms with E-state index in [0.29, 0.717) is 31.5 Å². The van der Waals surface area contributed by atoms with Gasteiger partial charge < -0.3 is 26.8 Å². The number of nitrogens with one attached hydrogen (secondary N) is 1. The van der Waals surface area contributed by atoms with Crippen LogP contribution in [0.5, 0.6) is 0 Å². The summed E-state index contributed by atoms with van der Waals surface area (Å²) in [5.74, 6) is -3.42. The first kappa shape index (κ1) is 25.1. The molecule has 1 aromatic rings. The molecule has 0 heterocycles. The molecule has 0 bridgehead atoms. The number of hydrogen-bond donors (Lipinski definition) is 5. The van der Waals surface area contributed by atoms with Crippen LogP contribution in [0.25, 0.3) is 0 Å². The van der Waals surface area contributed by atoms with Gasteiger partial charge in [-0.25, -0.2) is 4.79 Å². The molecule has 2 unspecified atom stereocenters. The van der Waals surface area contributed by atoms with Gasteiger partial charge in [-0.2, -0.15) is 0 Å². The van der Waals surface area contributed by atoms with Gasteiger partial charge in [0.05, 0.1) is 0 Å². The highest BCUT2D eigenvalue weighted by Gasteiger charge is 2.40. The van der Waals surface area contributed by atoms with Gasteiger partial charge in [0.1, 0.15) is 5.78 Å². The zero-order valence-electron chi connectivity index (χ0n) is 16.9. The molecule has 0 spiro atoms. The van der Waals surface area contributed by atoms with Gasteiger partial charge in [0.15, 0.2) is 6.10 Å². The number of rotatable bonds is 13. The first-order chi connectivity index (χ1) is 13.6. The van der Waals surface area contributed by atoms with Crippen molar-refractivity contribution >= 4 is 25.2 Å². The molecular formula is C19H32N3O6P. The summed E-state index contributed by atoms with van der Waals surface area (Å²) in [6.07, 6.45) is 0.151. The lowest BCUT2D eigenvalue weighted by Crippen LogP contribution is -2.40. The zero-order valence-corrected chi connectivity index (χ0v) is 17.8. The maximum absolute atomic E-state index is 12.8. The van der Waals surface area contributed by atoms with E-state index in [1.807, 2.05) is 6.07 Å². The van der Waals surface area contributed by atoms with Gasteiger partial charge in [0.2, 0.25) is 5.91 Å². The number of carbonyl (C=O) groups excluding carboxylic acids is 1. The van der Waals surface area contributed by atoms with Crippen molar-refractivity contribution in [1.29, 1.82) is 0 Å². The number of nitrogen functional groups attached to an aromatic ring is 1. The fraction of sp³-hybridized carbons (Fsp3) is 0.579. The van der Waals surface area contributed by atoms with Crippen LogP contribution in [0.3, 0.4) is 0 Å². The topological polar surface area (TPSA) is 165 Å². The van der Waals surface area contributed by atoms with Crippen LogP contribution >= 0.6 is 7.60 Å². The van der Waals surface area contributed by atoms with Crippen LogP contribution < -0.4 is 16.8 Å². The van der Waals surface area contributed by atoms with E-state index in [4.69, 9.17) is 16.0 Å². The molecule has 1 amide bonds. The van der Waals surface area contributed by atoms with Gasteiger partial charge in [-0.15, -0.1) is 0 Å². The van der Waals surface area contributed by atoms with Crippen molar-refractivity contribution in [2.24, 2.45) is 11.7 Å². The number of carboxylic acids is 1. The Morgan fingerprint density at radius 3 is 2.52 bits per heavy atom. The summed E-state index contributed by atoms with van der Waals surface area (Å²) in [5, 5.41) is 11.8. The standard InChI is InChI=1S/C19H32N3O6P/c1-13(2)18(22-17(23)10-9-14-6-5-7-15(21)12-14)29(26,27)28-16(19(24)25)8-3-4-11-20/h5-7,12-13,16,18H,3-4,8-11,20-21H2,1-2H3,(H,22,23)(H,24,25)(H,26,27)/t16?,18-/m0/s1. The van der Waals surface area contributed by atoms with Gasteiger partial charge in [0, 0.05) is 12.1 Å². The minimum Gasteiger partial charge on any atom is -0.479 e. The molecule has 29 heavy (non-hydrogen) atoms. The van der Waals surface area contributed by atoms with Crippen molar-refractivity contribution in [3.05, 3.63) is 29.8 Å². The van der Waals surface area contributed by atoms with Gasteiger partial charge in [-0.3, -0.25) is 13.9 Å². The SMILES string of the molecule is CC(C)[C@@H](NC(=O)CCc1cccc(N)c1)P(=O)(O)OC(CCCCN)C(=O)O. The van der Waals surface area contributed by atoms with Gasteiger partial charge in [-0.1, -0.05) is 26.0 Å². The quantitative estimate of drug-likeness (QED) is 0.181. The Morgan fingerprint density at radius 2 is 1.97 bits per heavy atom. The maximum Gasteiger partial charge on any atom is 0.351 e. The van der Waals surface area contributed by atoms with E-state index in [2.05, 4.69) is 5.32 Å². The Bertz CT molecular complexity index is 728. The molecule has 164 valence electrons. The Kier molecular flexibility index (Phi) is 10.3. The van der Waals surface area contributed by atoms with Crippen LogP contribution in [-0.4, -0.2) is 40.3 Å². The molecule has 0 saturated carbocycles. The number of amides is 1. The van der Waals surface area contributed by atoms with Crippen molar-refractivity contribution in [3.8, 4) is 0 Å². The molecule has 3 atom stereocenters. The number of benzene rings is 1. The lowest BCUT2D eigenvalue weighted by molar-refractivity contribution is -0.145. The summed E-state index contributed by atoms with van der Waals surface area (Å²) in [6.45, 7) is 3.69. The monoisotopic (exact) mass is 429 g/mol. The molecule has 0 aliphatic carbocycles. The van der Waals surface area contributed by atoms with Crippen LogP contribution in [0.1, 0.15) is 45.1 Å². The van der Waals surface area contributed by atoms with Crippen LogP contribution in [0.15, 0.2) is 24.3 Å². The Hall–Kier alpha value is -1.93. The predicted molar refractivity (Wildman–Crippen MR) is 111 cm³/mol. The van der Waals surface area contributed by atoms with E-state index in [0.717, 1.165) is 5.56 Å². The number of aryl methyl sites for hydroxylation is 1. The van der Waals surface area contributed by atoms with E-state index >= 15 is 0 Å². The molecule has 0 saturated heterocycles. The van der Waals surface area contributed by atoms with Crippen molar-refractivity contribution in [2.75, 3.05) is 12.3 Å². The van der Waals surface area contributed by atoms with E-state index < -0.39 is 37.3 Å². The molecule has 9 nitrogen and oxygen atoms in total. The molecule has 10 heteroatoms. The number of hydrogen-bond acceptors (Lipinski definition) is 6. The lowest BCUT2D eigenvalue weighted by Gasteiger charge is -2.28. The first-order valence-electron chi connectivity index (χ1n) is 9.64. The van der Waals surface area contributed by atoms with Crippen molar-refractivity contribution in [1.82, 2.24) is 5.32 Å². The molecule has 0 aliphatic heterocycles. The number of unbranched alkanes of at least 4 members (excludes halogenated alkanes) is 1. The average Bonchev–Trinajstić information content (AvgIpc) is 2.63. The number of carboxylic acid groups (broad SMARTS) is 1. The summed E-state index contributed by atoms with van der Waals surface area (Å²) in [4.78, 5) is 34.1. The summed E-state index contributed by atoms with van der Waals surface area (Å²) >= 11 is 0. The minimum absolute atomic E-state index is 0.0608. The van der Waals surface area contributed by atoms with Crippen molar-refractivity contribution in [2.45, 2.75) is 57.8 Å². The smallest absolute Gasteiger partial charge is 0.351 e. The fourth-order valence-electron chi connectivity index (χ4n) is 2.81. The Morgan fingerprint density at radius 1 is 1.28 bits per heavy atom. The fourth-order valence-corrected chi connectivity index (χ4v) is 4.56. The highest BCUT2D eigenvalue weighted by molar-refractivity contribution is 7.53. The van der Waals surface area contributed by atoms with Crippen LogP contribution in [-0.2, 0) is 25.1 Å². The second kappa shape index (κ2) is 11.9. The predicted octanol–water partition coefficient (Wildman–Crippen LogP) is 2.08. The lowest BCUT2D eigenvalue weighted by atomic mass is 10.1. The van der Waals surface area contributed by atoms with Crippen LogP contribution in [0.4, 0.5) is 5.69 Å². The Balaban J connectivity index is 2.75. The van der Waals surface area contributed by atoms with E-state index in [1.165, 1.54) is 0 Å². The first-order valence-corrected chi connectivity index (χ1v) is 11.3. The van der Waals surface area contributed by atoms with Crippen molar-refractivity contribution in [3.63, 3.8) is 0 Å². The third-order valence-electron chi connectivity index (χ3n) is 4.36. The molecule has 0 radical (unpaired) electrons. The number of anilines is 1. The molecule has 1 rings (SSSR count). The largest absolute Gasteiger partial charge is 0.479 e. The molecule has 7 N–H and O–H groups in total. The summed E-state index contributed by atoms with van der Waals surface area (Å²) in [5.41, 5.74) is 12.6. The number of nitrogens with two attached hydrogens (primary N) is 2. The second-order valence-electron chi connectivity index (χ2n) is 7.28. The van der Waals surface area contributed by atoms with Gasteiger partial charge >= 0.3 is 13.6 Å². The zero-order chi connectivity index (χ0) is 22.0. The van der Waals surface area contributed by atoms with E-state index in [-0.39, 0.29) is 12.8 Å². The molecule has 0 aromatic heterocycles. The molecule has 0 fully saturated rings. The Labute approximate surface area is 171 Å². The molecule has 1 aromatic carbocycles. The summed E-state index contributed by atoms with van der Waals surface area (Å²) in [6, 6.07) is 7.12. The van der Waals surface area contributed by atoms with E-state index in [9.17, 15) is 24.2 Å². The van der Waals surface area contributed by atoms with Gasteiger partial charge in [-0.05, 0) is 55.8 Å². The molecule has 0 aliphatic rings. The number of carbonyl (C=O) groups is 2. The van der Waals surface area contributed by atoms with Gasteiger partial charge in [0.25, 0.3) is 0 Å². The second-order valence-corrected chi connectivity index (χ2v) is 9.18.